The van der Waals surface area contributed by atoms with Crippen LogP contribution in [0.1, 0.15) is 79.1 Å². The zero-order valence-electron chi connectivity index (χ0n) is 13.9. The zero-order valence-corrected chi connectivity index (χ0v) is 15.5. The number of hydrogen-bond donors (Lipinski definition) is 0. The van der Waals surface area contributed by atoms with Crippen LogP contribution in [0.2, 0.25) is 0 Å². The summed E-state index contributed by atoms with van der Waals surface area (Å²) in [5.41, 5.74) is 0.578. The van der Waals surface area contributed by atoms with Crippen molar-refractivity contribution in [1.82, 2.24) is 0 Å². The van der Waals surface area contributed by atoms with Gasteiger partial charge in [0, 0.05) is 5.33 Å². The summed E-state index contributed by atoms with van der Waals surface area (Å²) in [4.78, 5) is 0. The molecule has 2 saturated carbocycles. The average Bonchev–Trinajstić information content (AvgIpc) is 2.41. The van der Waals surface area contributed by atoms with Crippen LogP contribution >= 0.6 is 15.9 Å². The number of halogens is 1. The van der Waals surface area contributed by atoms with E-state index in [0.717, 1.165) is 17.2 Å². The molecule has 118 valence electrons. The zero-order chi connectivity index (χ0) is 14.8. The Hall–Kier alpha value is 0.440. The standard InChI is InChI=1S/C18H33BrO/c1-14-7-5-6-8-16(14)20-18(13-19)11-9-15(10-12-18)17(2,3)4/h14-16H,5-13H2,1-4H3. The average molecular weight is 345 g/mol. The van der Waals surface area contributed by atoms with Crippen molar-refractivity contribution >= 4 is 15.9 Å². The maximum atomic E-state index is 6.70. The number of rotatable bonds is 3. The minimum absolute atomic E-state index is 0.123. The van der Waals surface area contributed by atoms with E-state index in [1.807, 2.05) is 0 Å². The van der Waals surface area contributed by atoms with Gasteiger partial charge in [0.05, 0.1) is 11.7 Å². The lowest BCUT2D eigenvalue weighted by Crippen LogP contribution is -2.45. The third-order valence-electron chi connectivity index (χ3n) is 5.80. The molecule has 2 rings (SSSR count). The summed E-state index contributed by atoms with van der Waals surface area (Å²) in [5, 5.41) is 1.01. The predicted octanol–water partition coefficient (Wildman–Crippen LogP) is 5.95. The summed E-state index contributed by atoms with van der Waals surface area (Å²) < 4.78 is 6.70. The second-order valence-corrected chi connectivity index (χ2v) is 8.94. The van der Waals surface area contributed by atoms with E-state index in [-0.39, 0.29) is 5.60 Å². The fraction of sp³-hybridized carbons (Fsp3) is 1.00. The molecule has 20 heavy (non-hydrogen) atoms. The Labute approximate surface area is 134 Å². The van der Waals surface area contributed by atoms with Crippen molar-refractivity contribution in [2.75, 3.05) is 5.33 Å². The fourth-order valence-electron chi connectivity index (χ4n) is 4.07. The van der Waals surface area contributed by atoms with Crippen LogP contribution < -0.4 is 0 Å². The van der Waals surface area contributed by atoms with E-state index in [1.54, 1.807) is 0 Å². The predicted molar refractivity (Wildman–Crippen MR) is 90.4 cm³/mol. The molecule has 0 aromatic carbocycles. The van der Waals surface area contributed by atoms with Crippen LogP contribution in [-0.2, 0) is 4.74 Å². The van der Waals surface area contributed by atoms with Crippen LogP contribution in [-0.4, -0.2) is 17.0 Å². The Bertz CT molecular complexity index is 299. The van der Waals surface area contributed by atoms with Gasteiger partial charge in [0.1, 0.15) is 0 Å². The van der Waals surface area contributed by atoms with E-state index in [2.05, 4.69) is 43.6 Å². The van der Waals surface area contributed by atoms with Crippen molar-refractivity contribution in [3.8, 4) is 0 Å². The molecule has 1 nitrogen and oxygen atoms in total. The molecule has 0 bridgehead atoms. The molecule has 0 N–H and O–H groups in total. The summed E-state index contributed by atoms with van der Waals surface area (Å²) in [6, 6.07) is 0. The van der Waals surface area contributed by atoms with Crippen LogP contribution in [0.25, 0.3) is 0 Å². The highest BCUT2D eigenvalue weighted by Gasteiger charge is 2.41. The Balaban J connectivity index is 1.94. The minimum Gasteiger partial charge on any atom is -0.371 e. The Morgan fingerprint density at radius 2 is 1.65 bits per heavy atom. The smallest absolute Gasteiger partial charge is 0.0783 e. The first-order chi connectivity index (χ1) is 9.36. The van der Waals surface area contributed by atoms with Crippen molar-refractivity contribution < 1.29 is 4.74 Å². The SMILES string of the molecule is CC1CCCCC1OC1(CBr)CCC(C(C)(C)C)CC1. The second kappa shape index (κ2) is 6.69. The van der Waals surface area contributed by atoms with Gasteiger partial charge in [-0.25, -0.2) is 0 Å². The number of ether oxygens (including phenoxy) is 1. The second-order valence-electron chi connectivity index (χ2n) is 8.37. The molecule has 0 aromatic rings. The maximum absolute atomic E-state index is 6.70. The van der Waals surface area contributed by atoms with Gasteiger partial charge < -0.3 is 4.74 Å². The van der Waals surface area contributed by atoms with E-state index in [4.69, 9.17) is 4.74 Å². The summed E-state index contributed by atoms with van der Waals surface area (Å²) in [7, 11) is 0. The van der Waals surface area contributed by atoms with E-state index >= 15 is 0 Å². The summed E-state index contributed by atoms with van der Waals surface area (Å²) in [5.74, 6) is 1.61. The van der Waals surface area contributed by atoms with Crippen LogP contribution in [0.15, 0.2) is 0 Å². The molecule has 2 unspecified atom stereocenters. The normalized spacial score (nSPS) is 39.8. The van der Waals surface area contributed by atoms with Crippen molar-refractivity contribution in [2.24, 2.45) is 17.3 Å². The molecule has 0 saturated heterocycles. The number of hydrogen-bond acceptors (Lipinski definition) is 1. The molecule has 2 aliphatic carbocycles. The summed E-state index contributed by atoms with van der Waals surface area (Å²) in [6.07, 6.45) is 11.0. The molecule has 2 fully saturated rings. The Morgan fingerprint density at radius 1 is 1.05 bits per heavy atom. The molecular formula is C18H33BrO. The highest BCUT2D eigenvalue weighted by molar-refractivity contribution is 9.09. The van der Waals surface area contributed by atoms with E-state index < -0.39 is 0 Å². The minimum atomic E-state index is 0.123. The molecule has 0 aliphatic heterocycles. The molecule has 0 radical (unpaired) electrons. The monoisotopic (exact) mass is 344 g/mol. The first kappa shape index (κ1) is 16.8. The van der Waals surface area contributed by atoms with Crippen molar-refractivity contribution in [1.29, 1.82) is 0 Å². The van der Waals surface area contributed by atoms with Crippen molar-refractivity contribution in [3.63, 3.8) is 0 Å². The van der Waals surface area contributed by atoms with Gasteiger partial charge in [-0.15, -0.1) is 0 Å². The lowest BCUT2D eigenvalue weighted by Gasteiger charge is -2.46. The molecule has 2 aliphatic rings. The Kier molecular flexibility index (Phi) is 5.62. The highest BCUT2D eigenvalue weighted by atomic mass is 79.9. The topological polar surface area (TPSA) is 9.23 Å². The van der Waals surface area contributed by atoms with Gasteiger partial charge in [-0.2, -0.15) is 0 Å². The van der Waals surface area contributed by atoms with Gasteiger partial charge in [-0.05, 0) is 55.8 Å². The highest BCUT2D eigenvalue weighted by Crippen LogP contribution is 2.45. The van der Waals surface area contributed by atoms with Crippen molar-refractivity contribution in [2.45, 2.75) is 90.8 Å². The van der Waals surface area contributed by atoms with Gasteiger partial charge in [0.15, 0.2) is 0 Å². The van der Waals surface area contributed by atoms with Crippen LogP contribution in [0.3, 0.4) is 0 Å². The van der Waals surface area contributed by atoms with Gasteiger partial charge in [0.2, 0.25) is 0 Å². The number of alkyl halides is 1. The van der Waals surface area contributed by atoms with Gasteiger partial charge in [-0.3, -0.25) is 0 Å². The molecule has 0 heterocycles. The maximum Gasteiger partial charge on any atom is 0.0783 e. The van der Waals surface area contributed by atoms with Crippen LogP contribution in [0.4, 0.5) is 0 Å². The quantitative estimate of drug-likeness (QED) is 0.574. The summed E-state index contributed by atoms with van der Waals surface area (Å²) in [6.45, 7) is 9.56. The molecule has 2 heteroatoms. The van der Waals surface area contributed by atoms with Gasteiger partial charge in [-0.1, -0.05) is 56.5 Å². The molecule has 0 aromatic heterocycles. The van der Waals surface area contributed by atoms with E-state index in [0.29, 0.717) is 11.5 Å². The fourth-order valence-corrected chi connectivity index (χ4v) is 4.76. The first-order valence-corrected chi connectivity index (χ1v) is 9.72. The van der Waals surface area contributed by atoms with Crippen molar-refractivity contribution in [3.05, 3.63) is 0 Å². The van der Waals surface area contributed by atoms with Gasteiger partial charge >= 0.3 is 0 Å². The summed E-state index contributed by atoms with van der Waals surface area (Å²) >= 11 is 3.76. The van der Waals surface area contributed by atoms with Gasteiger partial charge in [0.25, 0.3) is 0 Å². The third kappa shape index (κ3) is 4.00. The lowest BCUT2D eigenvalue weighted by atomic mass is 9.68. The molecule has 0 spiro atoms. The van der Waals surface area contributed by atoms with E-state index in [9.17, 15) is 0 Å². The molecular weight excluding hydrogens is 312 g/mol. The third-order valence-corrected chi connectivity index (χ3v) is 6.82. The largest absolute Gasteiger partial charge is 0.371 e. The Morgan fingerprint density at radius 3 is 2.15 bits per heavy atom. The lowest BCUT2D eigenvalue weighted by molar-refractivity contribution is -0.135. The molecule has 0 amide bonds. The van der Waals surface area contributed by atoms with Crippen LogP contribution in [0, 0.1) is 17.3 Å². The molecule has 2 atom stereocenters. The van der Waals surface area contributed by atoms with E-state index in [1.165, 1.54) is 51.4 Å². The first-order valence-electron chi connectivity index (χ1n) is 8.60. The van der Waals surface area contributed by atoms with Crippen LogP contribution in [0.5, 0.6) is 0 Å².